The molecular weight excluding hydrogens is 339 g/mol. The van der Waals surface area contributed by atoms with E-state index in [0.717, 1.165) is 23.6 Å². The second kappa shape index (κ2) is 5.80. The topological polar surface area (TPSA) is 17.8 Å². The fraction of sp³-hybridized carbons (Fsp3) is 0.417. The number of aromatic nitrogens is 2. The number of rotatable bonds is 4. The van der Waals surface area contributed by atoms with Crippen molar-refractivity contribution in [1.82, 2.24) is 9.55 Å². The van der Waals surface area contributed by atoms with Crippen molar-refractivity contribution in [2.75, 3.05) is 12.0 Å². The summed E-state index contributed by atoms with van der Waals surface area (Å²) in [6, 6.07) is 3.21. The highest BCUT2D eigenvalue weighted by Gasteiger charge is 2.16. The Morgan fingerprint density at radius 3 is 2.89 bits per heavy atom. The molecule has 1 aromatic heterocycles. The van der Waals surface area contributed by atoms with Gasteiger partial charge in [0.05, 0.1) is 20.9 Å². The van der Waals surface area contributed by atoms with Gasteiger partial charge < -0.3 is 4.57 Å². The number of aryl methyl sites for hydroxylation is 1. The first-order chi connectivity index (χ1) is 8.54. The highest BCUT2D eigenvalue weighted by atomic mass is 79.9. The van der Waals surface area contributed by atoms with Crippen LogP contribution in [0.3, 0.4) is 0 Å². The second-order valence-corrected chi connectivity index (χ2v) is 6.48. The number of halogens is 3. The van der Waals surface area contributed by atoms with E-state index in [1.165, 1.54) is 6.07 Å². The first-order valence-corrected chi connectivity index (χ1v) is 8.15. The van der Waals surface area contributed by atoms with E-state index in [0.29, 0.717) is 9.99 Å². The summed E-state index contributed by atoms with van der Waals surface area (Å²) >= 11 is 11.1. The van der Waals surface area contributed by atoms with Crippen LogP contribution in [0.4, 0.5) is 4.39 Å². The minimum absolute atomic E-state index is 0.193. The minimum atomic E-state index is -0.300. The Balaban J connectivity index is 2.61. The average Bonchev–Trinajstić information content (AvgIpc) is 2.65. The normalized spacial score (nSPS) is 13.2. The molecule has 0 fully saturated rings. The molecule has 1 unspecified atom stereocenters. The summed E-state index contributed by atoms with van der Waals surface area (Å²) in [6.45, 7) is 2.70. The summed E-state index contributed by atoms with van der Waals surface area (Å²) < 4.78 is 16.0. The minimum Gasteiger partial charge on any atom is -0.326 e. The molecule has 0 spiro atoms. The lowest BCUT2D eigenvalue weighted by Gasteiger charge is -2.09. The van der Waals surface area contributed by atoms with Crippen molar-refractivity contribution >= 4 is 50.3 Å². The molecule has 0 aliphatic carbocycles. The lowest BCUT2D eigenvalue weighted by molar-refractivity contribution is 0.622. The van der Waals surface area contributed by atoms with Gasteiger partial charge in [-0.2, -0.15) is 11.8 Å². The van der Waals surface area contributed by atoms with Gasteiger partial charge in [0.2, 0.25) is 0 Å². The predicted octanol–water partition coefficient (Wildman–Crippen LogP) is 4.60. The third-order valence-electron chi connectivity index (χ3n) is 2.69. The van der Waals surface area contributed by atoms with Gasteiger partial charge in [-0.25, -0.2) is 9.37 Å². The first-order valence-electron chi connectivity index (χ1n) is 5.52. The summed E-state index contributed by atoms with van der Waals surface area (Å²) in [4.78, 5) is 4.43. The number of fused-ring (bicyclic) bond motifs is 1. The standard InChI is InChI=1S/C12H13BrClFN2S/c1-7(14)12-16-10-6-9(15)8(13)5-11(10)17(12)3-4-18-2/h5-7H,3-4H2,1-2H3. The maximum Gasteiger partial charge on any atom is 0.139 e. The zero-order chi connectivity index (χ0) is 13.3. The monoisotopic (exact) mass is 350 g/mol. The van der Waals surface area contributed by atoms with Crippen molar-refractivity contribution in [1.29, 1.82) is 0 Å². The van der Waals surface area contributed by atoms with E-state index in [1.54, 1.807) is 17.8 Å². The Hall–Kier alpha value is -0.260. The predicted molar refractivity (Wildman–Crippen MR) is 80.0 cm³/mol. The Bertz CT molecular complexity index is 571. The number of alkyl halides is 1. The lowest BCUT2D eigenvalue weighted by atomic mass is 10.3. The van der Waals surface area contributed by atoms with Crippen LogP contribution in [0.2, 0.25) is 0 Å². The number of benzene rings is 1. The van der Waals surface area contributed by atoms with Gasteiger partial charge in [0, 0.05) is 18.4 Å². The molecule has 2 aromatic rings. The molecule has 0 bridgehead atoms. The van der Waals surface area contributed by atoms with Gasteiger partial charge in [-0.05, 0) is 35.2 Å². The quantitative estimate of drug-likeness (QED) is 0.749. The number of nitrogens with zero attached hydrogens (tertiary/aromatic N) is 2. The molecule has 0 radical (unpaired) electrons. The highest BCUT2D eigenvalue weighted by molar-refractivity contribution is 9.10. The molecule has 0 amide bonds. The van der Waals surface area contributed by atoms with Crippen LogP contribution >= 0.6 is 39.3 Å². The second-order valence-electron chi connectivity index (χ2n) is 3.99. The van der Waals surface area contributed by atoms with Crippen LogP contribution in [0.25, 0.3) is 11.0 Å². The summed E-state index contributed by atoms with van der Waals surface area (Å²) in [5.41, 5.74) is 1.57. The molecule has 2 rings (SSSR count). The van der Waals surface area contributed by atoms with Gasteiger partial charge in [-0.15, -0.1) is 11.6 Å². The molecule has 0 saturated carbocycles. The molecule has 1 heterocycles. The smallest absolute Gasteiger partial charge is 0.139 e. The van der Waals surface area contributed by atoms with Crippen molar-refractivity contribution in [3.63, 3.8) is 0 Å². The first kappa shape index (κ1) is 14.2. The van der Waals surface area contributed by atoms with Gasteiger partial charge >= 0.3 is 0 Å². The van der Waals surface area contributed by atoms with E-state index in [-0.39, 0.29) is 11.2 Å². The van der Waals surface area contributed by atoms with Crippen molar-refractivity contribution in [3.05, 3.63) is 28.2 Å². The van der Waals surface area contributed by atoms with Crippen LogP contribution in [-0.2, 0) is 6.54 Å². The molecule has 0 N–H and O–H groups in total. The van der Waals surface area contributed by atoms with E-state index in [4.69, 9.17) is 11.6 Å². The zero-order valence-corrected chi connectivity index (χ0v) is 13.2. The van der Waals surface area contributed by atoms with E-state index >= 15 is 0 Å². The van der Waals surface area contributed by atoms with Crippen LogP contribution in [0.15, 0.2) is 16.6 Å². The maximum atomic E-state index is 13.5. The largest absolute Gasteiger partial charge is 0.326 e. The Kier molecular flexibility index (Phi) is 4.56. The van der Waals surface area contributed by atoms with Gasteiger partial charge in [0.15, 0.2) is 0 Å². The van der Waals surface area contributed by atoms with Gasteiger partial charge in [0.25, 0.3) is 0 Å². The third-order valence-corrected chi connectivity index (χ3v) is 4.09. The molecule has 6 heteroatoms. The summed E-state index contributed by atoms with van der Waals surface area (Å²) in [6.07, 6.45) is 2.05. The van der Waals surface area contributed by atoms with Gasteiger partial charge in [0.1, 0.15) is 11.6 Å². The van der Waals surface area contributed by atoms with Crippen molar-refractivity contribution in [2.24, 2.45) is 0 Å². The van der Waals surface area contributed by atoms with E-state index in [9.17, 15) is 4.39 Å². The van der Waals surface area contributed by atoms with Crippen molar-refractivity contribution in [2.45, 2.75) is 18.8 Å². The fourth-order valence-electron chi connectivity index (χ4n) is 1.86. The molecule has 0 aliphatic rings. The molecule has 1 atom stereocenters. The number of hydrogen-bond donors (Lipinski definition) is 0. The summed E-state index contributed by atoms with van der Waals surface area (Å²) in [5, 5.41) is -0.193. The van der Waals surface area contributed by atoms with E-state index in [2.05, 4.69) is 31.7 Å². The third kappa shape index (κ3) is 2.68. The molecule has 98 valence electrons. The summed E-state index contributed by atoms with van der Waals surface area (Å²) in [7, 11) is 0. The number of imidazole rings is 1. The summed E-state index contributed by atoms with van der Waals surface area (Å²) in [5.74, 6) is 1.46. The number of hydrogen-bond acceptors (Lipinski definition) is 2. The molecular formula is C12H13BrClFN2S. The molecule has 0 saturated heterocycles. The van der Waals surface area contributed by atoms with Gasteiger partial charge in [-0.1, -0.05) is 0 Å². The van der Waals surface area contributed by atoms with E-state index in [1.807, 2.05) is 6.92 Å². The maximum absolute atomic E-state index is 13.5. The van der Waals surface area contributed by atoms with Crippen LogP contribution < -0.4 is 0 Å². The fourth-order valence-corrected chi connectivity index (χ4v) is 2.72. The van der Waals surface area contributed by atoms with Crippen LogP contribution in [-0.4, -0.2) is 21.6 Å². The Morgan fingerprint density at radius 2 is 2.28 bits per heavy atom. The van der Waals surface area contributed by atoms with Crippen molar-refractivity contribution in [3.8, 4) is 0 Å². The van der Waals surface area contributed by atoms with Crippen LogP contribution in [0.5, 0.6) is 0 Å². The molecule has 1 aromatic carbocycles. The highest BCUT2D eigenvalue weighted by Crippen LogP contribution is 2.28. The molecule has 2 nitrogen and oxygen atoms in total. The molecule has 18 heavy (non-hydrogen) atoms. The van der Waals surface area contributed by atoms with Crippen molar-refractivity contribution < 1.29 is 4.39 Å². The Morgan fingerprint density at radius 1 is 1.56 bits per heavy atom. The lowest BCUT2D eigenvalue weighted by Crippen LogP contribution is -2.06. The Labute approximate surface area is 123 Å². The van der Waals surface area contributed by atoms with E-state index < -0.39 is 0 Å². The SMILES string of the molecule is CSCCn1c(C(C)Cl)nc2cc(F)c(Br)cc21. The molecule has 0 aliphatic heterocycles. The zero-order valence-electron chi connectivity index (χ0n) is 10.1. The van der Waals surface area contributed by atoms with Crippen LogP contribution in [0.1, 0.15) is 18.1 Å². The number of thioether (sulfide) groups is 1. The van der Waals surface area contributed by atoms with Crippen LogP contribution in [0, 0.1) is 5.82 Å². The van der Waals surface area contributed by atoms with Gasteiger partial charge in [-0.3, -0.25) is 0 Å². The average molecular weight is 352 g/mol.